The highest BCUT2D eigenvalue weighted by Gasteiger charge is 2.36. The molecule has 1 aromatic rings. The number of hydrogen-bond acceptors (Lipinski definition) is 3. The van der Waals surface area contributed by atoms with Gasteiger partial charge in [-0.15, -0.1) is 0 Å². The molecule has 1 heterocycles. The number of nitrogens with zero attached hydrogens (tertiary/aromatic N) is 2. The summed E-state index contributed by atoms with van der Waals surface area (Å²) in [4.78, 5) is 29.3. The highest BCUT2D eigenvalue weighted by atomic mass is 19.1. The van der Waals surface area contributed by atoms with Gasteiger partial charge in [-0.2, -0.15) is 0 Å². The molecule has 3 rings (SSSR count). The van der Waals surface area contributed by atoms with Gasteiger partial charge in [-0.3, -0.25) is 14.5 Å². The standard InChI is InChI=1S/C21H30FN3O2/c1-2-23-21(27)20(17-5-3-4-6-17)25-13-11-24(12-14-25)19(26)15-16-7-9-18(22)10-8-16/h7-10,17,20H,2-6,11-15H2,1H3,(H,23,27). The fourth-order valence-electron chi connectivity index (χ4n) is 4.37. The van der Waals surface area contributed by atoms with E-state index in [4.69, 9.17) is 0 Å². The molecule has 1 aromatic carbocycles. The summed E-state index contributed by atoms with van der Waals surface area (Å²) in [5.41, 5.74) is 0.829. The van der Waals surface area contributed by atoms with Gasteiger partial charge in [0.2, 0.25) is 11.8 Å². The van der Waals surface area contributed by atoms with Crippen LogP contribution in [-0.2, 0) is 16.0 Å². The van der Waals surface area contributed by atoms with Crippen LogP contribution in [0.5, 0.6) is 0 Å². The van der Waals surface area contributed by atoms with Crippen LogP contribution in [0.3, 0.4) is 0 Å². The van der Waals surface area contributed by atoms with Crippen LogP contribution in [-0.4, -0.2) is 60.4 Å². The summed E-state index contributed by atoms with van der Waals surface area (Å²) in [5, 5.41) is 3.00. The van der Waals surface area contributed by atoms with Gasteiger partial charge in [0, 0.05) is 32.7 Å². The van der Waals surface area contributed by atoms with Gasteiger partial charge in [0.15, 0.2) is 0 Å². The minimum Gasteiger partial charge on any atom is -0.355 e. The quantitative estimate of drug-likeness (QED) is 0.829. The summed E-state index contributed by atoms with van der Waals surface area (Å²) >= 11 is 0. The van der Waals surface area contributed by atoms with Crippen molar-refractivity contribution in [1.82, 2.24) is 15.1 Å². The summed E-state index contributed by atoms with van der Waals surface area (Å²) in [5.74, 6) is 0.341. The van der Waals surface area contributed by atoms with Crippen molar-refractivity contribution in [3.8, 4) is 0 Å². The third kappa shape index (κ3) is 5.06. The first-order valence-electron chi connectivity index (χ1n) is 10.1. The first-order valence-corrected chi connectivity index (χ1v) is 10.1. The lowest BCUT2D eigenvalue weighted by molar-refractivity contribution is -0.134. The molecule has 0 spiro atoms. The molecule has 27 heavy (non-hydrogen) atoms. The SMILES string of the molecule is CCNC(=O)C(C1CCCC1)N1CCN(C(=O)Cc2ccc(F)cc2)CC1. The molecule has 1 aliphatic carbocycles. The predicted molar refractivity (Wildman–Crippen MR) is 103 cm³/mol. The van der Waals surface area contributed by atoms with Crippen LogP contribution in [0.1, 0.15) is 38.2 Å². The molecule has 1 saturated heterocycles. The van der Waals surface area contributed by atoms with Gasteiger partial charge in [0.1, 0.15) is 5.82 Å². The Morgan fingerprint density at radius 2 is 1.74 bits per heavy atom. The number of benzene rings is 1. The van der Waals surface area contributed by atoms with E-state index in [0.717, 1.165) is 31.5 Å². The summed E-state index contributed by atoms with van der Waals surface area (Å²) in [6.45, 7) is 5.35. The van der Waals surface area contributed by atoms with E-state index in [1.54, 1.807) is 12.1 Å². The van der Waals surface area contributed by atoms with Gasteiger partial charge < -0.3 is 10.2 Å². The molecule has 1 atom stereocenters. The van der Waals surface area contributed by atoms with E-state index in [0.29, 0.717) is 32.0 Å². The van der Waals surface area contributed by atoms with Gasteiger partial charge in [0.05, 0.1) is 12.5 Å². The van der Waals surface area contributed by atoms with E-state index in [1.165, 1.54) is 25.0 Å². The van der Waals surface area contributed by atoms with Crippen LogP contribution < -0.4 is 5.32 Å². The molecule has 2 aliphatic rings. The second-order valence-electron chi connectivity index (χ2n) is 7.60. The number of rotatable bonds is 6. The molecule has 1 saturated carbocycles. The van der Waals surface area contributed by atoms with E-state index in [1.807, 2.05) is 11.8 Å². The lowest BCUT2D eigenvalue weighted by atomic mass is 9.95. The Balaban J connectivity index is 1.56. The molecule has 2 amide bonds. The zero-order valence-corrected chi connectivity index (χ0v) is 16.1. The van der Waals surface area contributed by atoms with Gasteiger partial charge >= 0.3 is 0 Å². The number of halogens is 1. The Morgan fingerprint density at radius 1 is 1.11 bits per heavy atom. The van der Waals surface area contributed by atoms with Crippen LogP contribution >= 0.6 is 0 Å². The van der Waals surface area contributed by atoms with Crippen LogP contribution in [0.15, 0.2) is 24.3 Å². The fraction of sp³-hybridized carbons (Fsp3) is 0.619. The number of amides is 2. The molecule has 6 heteroatoms. The second-order valence-corrected chi connectivity index (χ2v) is 7.60. The van der Waals surface area contributed by atoms with Gasteiger partial charge in [-0.05, 0) is 43.4 Å². The van der Waals surface area contributed by atoms with Crippen molar-refractivity contribution in [2.24, 2.45) is 5.92 Å². The van der Waals surface area contributed by atoms with E-state index >= 15 is 0 Å². The molecular formula is C21H30FN3O2. The average molecular weight is 375 g/mol. The van der Waals surface area contributed by atoms with E-state index in [9.17, 15) is 14.0 Å². The Labute approximate surface area is 160 Å². The highest BCUT2D eigenvalue weighted by molar-refractivity contribution is 5.82. The first-order chi connectivity index (χ1) is 13.1. The van der Waals surface area contributed by atoms with Crippen molar-refractivity contribution >= 4 is 11.8 Å². The number of likely N-dealkylation sites (N-methyl/N-ethyl adjacent to an activating group) is 1. The maximum atomic E-state index is 13.0. The topological polar surface area (TPSA) is 52.7 Å². The molecule has 0 radical (unpaired) electrons. The Morgan fingerprint density at radius 3 is 2.33 bits per heavy atom. The smallest absolute Gasteiger partial charge is 0.237 e. The molecule has 5 nitrogen and oxygen atoms in total. The van der Waals surface area contributed by atoms with Gasteiger partial charge in [0.25, 0.3) is 0 Å². The van der Waals surface area contributed by atoms with Crippen LogP contribution in [0.25, 0.3) is 0 Å². The number of carbonyl (C=O) groups excluding carboxylic acids is 2. The summed E-state index contributed by atoms with van der Waals surface area (Å²) < 4.78 is 13.0. The van der Waals surface area contributed by atoms with Crippen molar-refractivity contribution in [2.45, 2.75) is 45.1 Å². The molecule has 1 aliphatic heterocycles. The molecule has 2 fully saturated rings. The summed E-state index contributed by atoms with van der Waals surface area (Å²) in [6.07, 6.45) is 4.94. The first kappa shape index (κ1) is 19.8. The number of hydrogen-bond donors (Lipinski definition) is 1. The van der Waals surface area contributed by atoms with Crippen LogP contribution in [0.4, 0.5) is 4.39 Å². The lowest BCUT2D eigenvalue weighted by Gasteiger charge is -2.40. The monoisotopic (exact) mass is 375 g/mol. The van der Waals surface area contributed by atoms with E-state index < -0.39 is 0 Å². The number of carbonyl (C=O) groups is 2. The molecule has 0 aromatic heterocycles. The zero-order valence-electron chi connectivity index (χ0n) is 16.1. The van der Waals surface area contributed by atoms with Crippen molar-refractivity contribution in [3.63, 3.8) is 0 Å². The fourth-order valence-corrected chi connectivity index (χ4v) is 4.37. The van der Waals surface area contributed by atoms with Gasteiger partial charge in [-0.25, -0.2) is 4.39 Å². The van der Waals surface area contributed by atoms with E-state index in [2.05, 4.69) is 10.2 Å². The predicted octanol–water partition coefficient (Wildman–Crippen LogP) is 2.21. The highest BCUT2D eigenvalue weighted by Crippen LogP contribution is 2.31. The Hall–Kier alpha value is -1.95. The third-order valence-electron chi connectivity index (χ3n) is 5.79. The summed E-state index contributed by atoms with van der Waals surface area (Å²) in [6, 6.07) is 6.03. The number of nitrogens with one attached hydrogen (secondary N) is 1. The maximum Gasteiger partial charge on any atom is 0.237 e. The molecular weight excluding hydrogens is 345 g/mol. The van der Waals surface area contributed by atoms with Gasteiger partial charge in [-0.1, -0.05) is 25.0 Å². The molecule has 1 unspecified atom stereocenters. The second kappa shape index (κ2) is 9.31. The lowest BCUT2D eigenvalue weighted by Crippen LogP contribution is -2.58. The zero-order chi connectivity index (χ0) is 19.2. The Kier molecular flexibility index (Phi) is 6.83. The van der Waals surface area contributed by atoms with Crippen molar-refractivity contribution in [1.29, 1.82) is 0 Å². The largest absolute Gasteiger partial charge is 0.355 e. The van der Waals surface area contributed by atoms with Crippen molar-refractivity contribution in [2.75, 3.05) is 32.7 Å². The third-order valence-corrected chi connectivity index (χ3v) is 5.79. The minimum absolute atomic E-state index is 0.0664. The normalized spacial score (nSPS) is 19.9. The molecule has 0 bridgehead atoms. The maximum absolute atomic E-state index is 13.0. The minimum atomic E-state index is -0.289. The summed E-state index contributed by atoms with van der Waals surface area (Å²) in [7, 11) is 0. The van der Waals surface area contributed by atoms with Crippen molar-refractivity contribution in [3.05, 3.63) is 35.6 Å². The number of piperazine rings is 1. The molecule has 148 valence electrons. The van der Waals surface area contributed by atoms with Crippen LogP contribution in [0, 0.1) is 11.7 Å². The average Bonchev–Trinajstić information content (AvgIpc) is 3.19. The van der Waals surface area contributed by atoms with Crippen molar-refractivity contribution < 1.29 is 14.0 Å². The van der Waals surface area contributed by atoms with Crippen LogP contribution in [0.2, 0.25) is 0 Å². The molecule has 1 N–H and O–H groups in total. The Bertz CT molecular complexity index is 635. The van der Waals surface area contributed by atoms with E-state index in [-0.39, 0.29) is 23.7 Å².